The Hall–Kier alpha value is -1.54. The van der Waals surface area contributed by atoms with E-state index in [-0.39, 0.29) is 17.9 Å². The first-order valence-electron chi connectivity index (χ1n) is 7.07. The van der Waals surface area contributed by atoms with Gasteiger partial charge in [-0.25, -0.2) is 21.9 Å². The van der Waals surface area contributed by atoms with E-state index in [0.717, 1.165) is 31.4 Å². The molecule has 2 rings (SSSR count). The van der Waals surface area contributed by atoms with Crippen molar-refractivity contribution in [1.29, 1.82) is 0 Å². The fourth-order valence-electron chi connectivity index (χ4n) is 2.10. The minimum atomic E-state index is -3.46. The average molecular weight is 332 g/mol. The first-order chi connectivity index (χ1) is 10.4. The number of rotatable bonds is 7. The normalized spacial score (nSPS) is 15.4. The molecule has 0 bridgehead atoms. The number of carbonyl (C=O) groups is 1. The van der Waals surface area contributed by atoms with Crippen molar-refractivity contribution in [2.75, 3.05) is 18.8 Å². The quantitative estimate of drug-likeness (QED) is 0.793. The number of sulfonamides is 1. The van der Waals surface area contributed by atoms with Gasteiger partial charge in [-0.15, -0.1) is 0 Å². The van der Waals surface area contributed by atoms with Crippen LogP contribution in [0.15, 0.2) is 18.2 Å². The van der Waals surface area contributed by atoms with Crippen LogP contribution in [0.5, 0.6) is 0 Å². The van der Waals surface area contributed by atoms with E-state index in [1.54, 1.807) is 0 Å². The van der Waals surface area contributed by atoms with Crippen LogP contribution >= 0.6 is 0 Å². The van der Waals surface area contributed by atoms with Gasteiger partial charge in [-0.05, 0) is 30.9 Å². The molecule has 1 amide bonds. The molecule has 122 valence electrons. The lowest BCUT2D eigenvalue weighted by atomic mass is 9.86. The van der Waals surface area contributed by atoms with Crippen molar-refractivity contribution in [3.05, 3.63) is 35.4 Å². The van der Waals surface area contributed by atoms with Crippen molar-refractivity contribution in [1.82, 2.24) is 10.0 Å². The number of nitrogens with one attached hydrogen (secondary N) is 2. The van der Waals surface area contributed by atoms with Crippen molar-refractivity contribution in [2.45, 2.75) is 19.3 Å². The third-order valence-electron chi connectivity index (χ3n) is 3.60. The predicted molar refractivity (Wildman–Crippen MR) is 77.8 cm³/mol. The van der Waals surface area contributed by atoms with Gasteiger partial charge in [0.1, 0.15) is 11.6 Å². The fraction of sp³-hybridized carbons (Fsp3) is 0.500. The maximum atomic E-state index is 13.0. The topological polar surface area (TPSA) is 75.3 Å². The molecule has 0 aromatic heterocycles. The van der Waals surface area contributed by atoms with Gasteiger partial charge in [-0.2, -0.15) is 0 Å². The second-order valence-corrected chi connectivity index (χ2v) is 7.30. The predicted octanol–water partition coefficient (Wildman–Crippen LogP) is 1.41. The number of carbonyl (C=O) groups excluding carboxylic acids is 1. The second-order valence-electron chi connectivity index (χ2n) is 5.38. The number of halogens is 2. The molecule has 0 atom stereocenters. The Balaban J connectivity index is 1.78. The van der Waals surface area contributed by atoms with Crippen LogP contribution in [0.4, 0.5) is 8.78 Å². The molecular weight excluding hydrogens is 314 g/mol. The van der Waals surface area contributed by atoms with E-state index in [4.69, 9.17) is 0 Å². The van der Waals surface area contributed by atoms with Crippen molar-refractivity contribution >= 4 is 15.9 Å². The highest BCUT2D eigenvalue weighted by Gasteiger charge is 2.20. The largest absolute Gasteiger partial charge is 0.351 e. The molecule has 0 spiro atoms. The Bertz CT molecular complexity index is 625. The molecular formula is C14H18F2N2O3S. The Kier molecular flexibility index (Phi) is 5.47. The molecule has 0 aliphatic heterocycles. The number of hydrogen-bond donors (Lipinski definition) is 2. The van der Waals surface area contributed by atoms with Crippen molar-refractivity contribution in [3.63, 3.8) is 0 Å². The highest BCUT2D eigenvalue weighted by molar-refractivity contribution is 7.89. The third-order valence-corrected chi connectivity index (χ3v) is 4.95. The van der Waals surface area contributed by atoms with E-state index in [1.807, 2.05) is 0 Å². The maximum Gasteiger partial charge on any atom is 0.251 e. The summed E-state index contributed by atoms with van der Waals surface area (Å²) in [4.78, 5) is 11.7. The molecule has 8 heteroatoms. The smallest absolute Gasteiger partial charge is 0.251 e. The summed E-state index contributed by atoms with van der Waals surface area (Å²) >= 11 is 0. The zero-order chi connectivity index (χ0) is 16.2. The minimum Gasteiger partial charge on any atom is -0.351 e. The van der Waals surface area contributed by atoms with Crippen molar-refractivity contribution in [3.8, 4) is 0 Å². The van der Waals surface area contributed by atoms with Crippen LogP contribution in [0.1, 0.15) is 29.6 Å². The van der Waals surface area contributed by atoms with E-state index in [9.17, 15) is 22.0 Å². The zero-order valence-electron chi connectivity index (χ0n) is 11.9. The molecule has 1 aromatic rings. The van der Waals surface area contributed by atoms with Crippen molar-refractivity contribution in [2.24, 2.45) is 5.92 Å². The molecule has 0 unspecified atom stereocenters. The lowest BCUT2D eigenvalue weighted by molar-refractivity contribution is 0.0955. The summed E-state index contributed by atoms with van der Waals surface area (Å²) in [6.07, 6.45) is 3.20. The van der Waals surface area contributed by atoms with Crippen LogP contribution in [0, 0.1) is 17.6 Å². The Labute approximate surface area is 128 Å². The van der Waals surface area contributed by atoms with Crippen LogP contribution in [0.3, 0.4) is 0 Å². The molecule has 1 aliphatic carbocycles. The van der Waals surface area contributed by atoms with Gasteiger partial charge < -0.3 is 5.32 Å². The molecule has 1 saturated carbocycles. The van der Waals surface area contributed by atoms with Crippen molar-refractivity contribution < 1.29 is 22.0 Å². The summed E-state index contributed by atoms with van der Waals surface area (Å²) < 4.78 is 51.9. The molecule has 0 heterocycles. The minimum absolute atomic E-state index is 0.128. The van der Waals surface area contributed by atoms with Gasteiger partial charge in [0, 0.05) is 24.7 Å². The summed E-state index contributed by atoms with van der Waals surface area (Å²) in [5.41, 5.74) is -0.183. The van der Waals surface area contributed by atoms with Crippen LogP contribution in [0.2, 0.25) is 0 Å². The first-order valence-corrected chi connectivity index (χ1v) is 8.72. The molecule has 1 fully saturated rings. The first kappa shape index (κ1) is 16.8. The number of amides is 1. The van der Waals surface area contributed by atoms with E-state index >= 15 is 0 Å². The SMILES string of the molecule is O=C(NCCS(=O)(=O)NCC1CCC1)c1cc(F)cc(F)c1. The van der Waals surface area contributed by atoms with Gasteiger partial charge in [0.25, 0.3) is 5.91 Å². The lowest BCUT2D eigenvalue weighted by Gasteiger charge is -2.25. The van der Waals surface area contributed by atoms with E-state index in [0.29, 0.717) is 18.5 Å². The molecule has 0 radical (unpaired) electrons. The van der Waals surface area contributed by atoms with Gasteiger partial charge >= 0.3 is 0 Å². The van der Waals surface area contributed by atoms with Gasteiger partial charge in [0.05, 0.1) is 5.75 Å². The molecule has 1 aromatic carbocycles. The third kappa shape index (κ3) is 5.03. The molecule has 2 N–H and O–H groups in total. The monoisotopic (exact) mass is 332 g/mol. The van der Waals surface area contributed by atoms with Gasteiger partial charge in [0.15, 0.2) is 0 Å². The second kappa shape index (κ2) is 7.15. The summed E-state index contributed by atoms with van der Waals surface area (Å²) in [5.74, 6) is -2.31. The Morgan fingerprint density at radius 1 is 1.18 bits per heavy atom. The molecule has 0 saturated heterocycles. The van der Waals surface area contributed by atoms with E-state index < -0.39 is 27.6 Å². The van der Waals surface area contributed by atoms with Crippen LogP contribution in [0.25, 0.3) is 0 Å². The van der Waals surface area contributed by atoms with Gasteiger partial charge in [0.2, 0.25) is 10.0 Å². The lowest BCUT2D eigenvalue weighted by Crippen LogP contribution is -2.37. The average Bonchev–Trinajstić information content (AvgIpc) is 2.35. The van der Waals surface area contributed by atoms with Crippen LogP contribution < -0.4 is 10.0 Å². The van der Waals surface area contributed by atoms with Crippen LogP contribution in [-0.2, 0) is 10.0 Å². The Morgan fingerprint density at radius 3 is 2.36 bits per heavy atom. The highest BCUT2D eigenvalue weighted by atomic mass is 32.2. The fourth-order valence-corrected chi connectivity index (χ4v) is 3.10. The maximum absolute atomic E-state index is 13.0. The Morgan fingerprint density at radius 2 is 1.82 bits per heavy atom. The standard InChI is InChI=1S/C14H18F2N2O3S/c15-12-6-11(7-13(16)8-12)14(19)17-4-5-22(20,21)18-9-10-2-1-3-10/h6-8,10,18H,1-5,9H2,(H,17,19). The zero-order valence-corrected chi connectivity index (χ0v) is 12.8. The highest BCUT2D eigenvalue weighted by Crippen LogP contribution is 2.25. The van der Waals surface area contributed by atoms with E-state index in [1.165, 1.54) is 0 Å². The summed E-state index contributed by atoms with van der Waals surface area (Å²) in [7, 11) is -3.46. The number of hydrogen-bond acceptors (Lipinski definition) is 3. The summed E-state index contributed by atoms with van der Waals surface area (Å²) in [6, 6.07) is 2.44. The van der Waals surface area contributed by atoms with Gasteiger partial charge in [-0.3, -0.25) is 4.79 Å². The van der Waals surface area contributed by atoms with Crippen LogP contribution in [-0.4, -0.2) is 33.2 Å². The molecule has 1 aliphatic rings. The summed E-state index contributed by atoms with van der Waals surface area (Å²) in [6.45, 7) is 0.294. The summed E-state index contributed by atoms with van der Waals surface area (Å²) in [5, 5.41) is 2.33. The molecule has 22 heavy (non-hydrogen) atoms. The van der Waals surface area contributed by atoms with E-state index in [2.05, 4.69) is 10.0 Å². The number of benzene rings is 1. The van der Waals surface area contributed by atoms with Gasteiger partial charge in [-0.1, -0.05) is 6.42 Å². The molecule has 5 nitrogen and oxygen atoms in total.